The molecular formula is C17H22FNO2. The first-order valence-electron chi connectivity index (χ1n) is 7.73. The van der Waals surface area contributed by atoms with Crippen molar-refractivity contribution in [3.63, 3.8) is 0 Å². The molecule has 1 fully saturated rings. The molecule has 3 unspecified atom stereocenters. The molecule has 1 aliphatic heterocycles. The van der Waals surface area contributed by atoms with E-state index in [4.69, 9.17) is 9.15 Å². The van der Waals surface area contributed by atoms with Crippen LogP contribution in [0.4, 0.5) is 4.39 Å². The van der Waals surface area contributed by atoms with Crippen molar-refractivity contribution in [3.8, 4) is 0 Å². The molecule has 3 nitrogen and oxygen atoms in total. The van der Waals surface area contributed by atoms with E-state index in [1.807, 2.05) is 12.1 Å². The van der Waals surface area contributed by atoms with Gasteiger partial charge in [-0.15, -0.1) is 0 Å². The maximum absolute atomic E-state index is 13.8. The predicted octanol–water partition coefficient (Wildman–Crippen LogP) is 4.04. The highest BCUT2D eigenvalue weighted by atomic mass is 19.1. The van der Waals surface area contributed by atoms with E-state index in [-0.39, 0.29) is 18.0 Å². The number of halogens is 1. The highest BCUT2D eigenvalue weighted by Gasteiger charge is 2.34. The van der Waals surface area contributed by atoms with Crippen LogP contribution in [0.5, 0.6) is 0 Å². The van der Waals surface area contributed by atoms with Crippen molar-refractivity contribution in [3.05, 3.63) is 35.8 Å². The number of fused-ring (bicyclic) bond motifs is 1. The van der Waals surface area contributed by atoms with Crippen LogP contribution in [0.3, 0.4) is 0 Å². The molecule has 3 atom stereocenters. The van der Waals surface area contributed by atoms with Gasteiger partial charge in [0.25, 0.3) is 0 Å². The van der Waals surface area contributed by atoms with Crippen LogP contribution in [0.15, 0.2) is 28.7 Å². The second kappa shape index (κ2) is 6.16. The Morgan fingerprint density at radius 2 is 2.29 bits per heavy atom. The number of para-hydroxylation sites is 1. The van der Waals surface area contributed by atoms with E-state index < -0.39 is 0 Å². The van der Waals surface area contributed by atoms with Crippen LogP contribution in [0.25, 0.3) is 11.0 Å². The summed E-state index contributed by atoms with van der Waals surface area (Å²) in [6.45, 7) is 5.99. The van der Waals surface area contributed by atoms with Gasteiger partial charge in [0, 0.05) is 12.0 Å². The third kappa shape index (κ3) is 2.83. The highest BCUT2D eigenvalue weighted by Crippen LogP contribution is 2.34. The number of rotatable bonds is 5. The number of hydrogen-bond donors (Lipinski definition) is 1. The first kappa shape index (κ1) is 14.5. The Balaban J connectivity index is 1.95. The van der Waals surface area contributed by atoms with E-state index >= 15 is 0 Å². The Bertz CT molecular complexity index is 610. The molecular weight excluding hydrogens is 269 g/mol. The Hall–Kier alpha value is -1.39. The molecule has 0 bridgehead atoms. The minimum absolute atomic E-state index is 0.0192. The number of furan rings is 1. The molecule has 1 aromatic heterocycles. The summed E-state index contributed by atoms with van der Waals surface area (Å²) in [5, 5.41) is 4.30. The second-order valence-electron chi connectivity index (χ2n) is 5.84. The first-order valence-corrected chi connectivity index (χ1v) is 7.73. The molecule has 0 radical (unpaired) electrons. The lowest BCUT2D eigenvalue weighted by Crippen LogP contribution is -2.34. The Morgan fingerprint density at radius 1 is 1.43 bits per heavy atom. The van der Waals surface area contributed by atoms with Gasteiger partial charge in [-0.1, -0.05) is 26.0 Å². The summed E-state index contributed by atoms with van der Waals surface area (Å²) in [6.07, 6.45) is 2.18. The normalized spacial score (nSPS) is 23.8. The smallest absolute Gasteiger partial charge is 0.169 e. The molecule has 114 valence electrons. The van der Waals surface area contributed by atoms with Gasteiger partial charge in [0.2, 0.25) is 0 Å². The molecule has 21 heavy (non-hydrogen) atoms. The van der Waals surface area contributed by atoms with E-state index in [2.05, 4.69) is 19.2 Å². The van der Waals surface area contributed by atoms with Crippen LogP contribution < -0.4 is 5.32 Å². The molecule has 0 aliphatic carbocycles. The van der Waals surface area contributed by atoms with Crippen molar-refractivity contribution in [1.29, 1.82) is 0 Å². The minimum Gasteiger partial charge on any atom is -0.456 e. The van der Waals surface area contributed by atoms with Crippen molar-refractivity contribution >= 4 is 11.0 Å². The monoisotopic (exact) mass is 291 g/mol. The van der Waals surface area contributed by atoms with Gasteiger partial charge in [0.15, 0.2) is 11.4 Å². The summed E-state index contributed by atoms with van der Waals surface area (Å²) in [6, 6.07) is 6.93. The lowest BCUT2D eigenvalue weighted by atomic mass is 9.95. The zero-order valence-corrected chi connectivity index (χ0v) is 12.6. The molecule has 4 heteroatoms. The number of hydrogen-bond acceptors (Lipinski definition) is 3. The Kier molecular flexibility index (Phi) is 4.27. The van der Waals surface area contributed by atoms with Crippen LogP contribution >= 0.6 is 0 Å². The molecule has 0 amide bonds. The Labute approximate surface area is 124 Å². The van der Waals surface area contributed by atoms with Gasteiger partial charge in [-0.2, -0.15) is 0 Å². The SMILES string of the molecule is CCCNC(c1cc2cccc(F)c2o1)C1OCCC1C. The molecule has 3 rings (SSSR count). The summed E-state index contributed by atoms with van der Waals surface area (Å²) in [7, 11) is 0. The van der Waals surface area contributed by atoms with Crippen molar-refractivity contribution in [1.82, 2.24) is 5.32 Å². The number of ether oxygens (including phenoxy) is 1. The number of nitrogens with one attached hydrogen (secondary N) is 1. The summed E-state index contributed by atoms with van der Waals surface area (Å²) < 4.78 is 25.5. The maximum atomic E-state index is 13.8. The van der Waals surface area contributed by atoms with Crippen LogP contribution in [0, 0.1) is 11.7 Å². The van der Waals surface area contributed by atoms with Crippen LogP contribution in [0.1, 0.15) is 38.5 Å². The second-order valence-corrected chi connectivity index (χ2v) is 5.84. The van der Waals surface area contributed by atoms with Gasteiger partial charge in [0.1, 0.15) is 5.76 Å². The van der Waals surface area contributed by atoms with Gasteiger partial charge in [-0.25, -0.2) is 4.39 Å². The zero-order chi connectivity index (χ0) is 14.8. The van der Waals surface area contributed by atoms with E-state index in [0.717, 1.165) is 37.1 Å². The maximum Gasteiger partial charge on any atom is 0.169 e. The molecule has 2 aromatic rings. The van der Waals surface area contributed by atoms with E-state index in [9.17, 15) is 4.39 Å². The van der Waals surface area contributed by atoms with Crippen molar-refractivity contribution < 1.29 is 13.5 Å². The van der Waals surface area contributed by atoms with E-state index in [1.165, 1.54) is 6.07 Å². The van der Waals surface area contributed by atoms with Crippen molar-refractivity contribution in [2.24, 2.45) is 5.92 Å². The average molecular weight is 291 g/mol. The molecule has 1 aromatic carbocycles. The lowest BCUT2D eigenvalue weighted by molar-refractivity contribution is 0.0543. The summed E-state index contributed by atoms with van der Waals surface area (Å²) in [5.74, 6) is 0.924. The predicted molar refractivity (Wildman–Crippen MR) is 80.7 cm³/mol. The van der Waals surface area contributed by atoms with Gasteiger partial charge < -0.3 is 14.5 Å². The lowest BCUT2D eigenvalue weighted by Gasteiger charge is -2.25. The highest BCUT2D eigenvalue weighted by molar-refractivity contribution is 5.78. The van der Waals surface area contributed by atoms with Gasteiger partial charge in [-0.05, 0) is 37.4 Å². The molecule has 2 heterocycles. The Morgan fingerprint density at radius 3 is 2.95 bits per heavy atom. The zero-order valence-electron chi connectivity index (χ0n) is 12.6. The quantitative estimate of drug-likeness (QED) is 0.903. The molecule has 0 saturated carbocycles. The summed E-state index contributed by atoms with van der Waals surface area (Å²) in [4.78, 5) is 0. The fourth-order valence-corrected chi connectivity index (χ4v) is 3.02. The van der Waals surface area contributed by atoms with Gasteiger partial charge in [-0.3, -0.25) is 0 Å². The standard InChI is InChI=1S/C17H22FNO2/c1-3-8-19-15(16-11(2)7-9-20-16)14-10-12-5-4-6-13(18)17(12)21-14/h4-6,10-11,15-16,19H,3,7-9H2,1-2H3. The summed E-state index contributed by atoms with van der Waals surface area (Å²) >= 11 is 0. The van der Waals surface area contributed by atoms with Crippen molar-refractivity contribution in [2.75, 3.05) is 13.2 Å². The fraction of sp³-hybridized carbons (Fsp3) is 0.529. The van der Waals surface area contributed by atoms with Gasteiger partial charge in [0.05, 0.1) is 12.1 Å². The molecule has 1 aliphatic rings. The van der Waals surface area contributed by atoms with Crippen molar-refractivity contribution in [2.45, 2.75) is 38.8 Å². The average Bonchev–Trinajstić information content (AvgIpc) is 3.07. The third-order valence-electron chi connectivity index (χ3n) is 4.21. The van der Waals surface area contributed by atoms with Crippen LogP contribution in [-0.4, -0.2) is 19.3 Å². The van der Waals surface area contributed by atoms with E-state index in [0.29, 0.717) is 11.5 Å². The van der Waals surface area contributed by atoms with Gasteiger partial charge >= 0.3 is 0 Å². The number of benzene rings is 1. The van der Waals surface area contributed by atoms with Crippen LogP contribution in [-0.2, 0) is 4.74 Å². The largest absolute Gasteiger partial charge is 0.456 e. The molecule has 0 spiro atoms. The third-order valence-corrected chi connectivity index (χ3v) is 4.21. The van der Waals surface area contributed by atoms with E-state index in [1.54, 1.807) is 6.07 Å². The first-order chi connectivity index (χ1) is 10.2. The minimum atomic E-state index is -0.312. The molecule has 1 N–H and O–H groups in total. The molecule has 1 saturated heterocycles. The fourth-order valence-electron chi connectivity index (χ4n) is 3.02. The summed E-state index contributed by atoms with van der Waals surface area (Å²) in [5.41, 5.74) is 0.335. The topological polar surface area (TPSA) is 34.4 Å². The van der Waals surface area contributed by atoms with Crippen LogP contribution in [0.2, 0.25) is 0 Å².